The monoisotopic (exact) mass is 196 g/mol. The predicted molar refractivity (Wildman–Crippen MR) is 61.3 cm³/mol. The van der Waals surface area contributed by atoms with Crippen molar-refractivity contribution in [3.05, 3.63) is 34.6 Å². The van der Waals surface area contributed by atoms with Crippen LogP contribution in [-0.2, 0) is 0 Å². The van der Waals surface area contributed by atoms with Crippen molar-refractivity contribution in [3.63, 3.8) is 0 Å². The molecule has 0 aliphatic rings. The van der Waals surface area contributed by atoms with Gasteiger partial charge in [-0.05, 0) is 30.9 Å². The lowest BCUT2D eigenvalue weighted by Gasteiger charge is -2.10. The van der Waals surface area contributed by atoms with Gasteiger partial charge in [0.2, 0.25) is 0 Å². The molecule has 0 bridgehead atoms. The molecule has 0 atom stereocenters. The van der Waals surface area contributed by atoms with Gasteiger partial charge in [0, 0.05) is 0 Å². The van der Waals surface area contributed by atoms with Crippen molar-refractivity contribution in [1.29, 1.82) is 0 Å². The number of halogens is 1. The molecule has 0 spiro atoms. The number of rotatable bonds is 1. The third kappa shape index (κ3) is 3.13. The molecule has 0 aliphatic heterocycles. The zero-order valence-corrected chi connectivity index (χ0v) is 10.1. The van der Waals surface area contributed by atoms with Crippen molar-refractivity contribution < 1.29 is 4.39 Å². The molecule has 0 fully saturated rings. The molecule has 0 saturated heterocycles. The summed E-state index contributed by atoms with van der Waals surface area (Å²) in [4.78, 5) is 0. The lowest BCUT2D eigenvalue weighted by molar-refractivity contribution is 0.589. The largest absolute Gasteiger partial charge is 0.206 e. The molecule has 0 heterocycles. The SMILES string of the molecule is CC.Cc1cc(C)c(F)c(C(C)C)c1. The second kappa shape index (κ2) is 5.79. The number of benzene rings is 1. The maximum atomic E-state index is 13.4. The molecule has 0 amide bonds. The average Bonchev–Trinajstić information content (AvgIpc) is 2.14. The fraction of sp³-hybridized carbons (Fsp3) is 0.538. The summed E-state index contributed by atoms with van der Waals surface area (Å²) in [6.45, 7) is 11.8. The number of hydrogen-bond acceptors (Lipinski definition) is 0. The minimum atomic E-state index is -0.0457. The zero-order valence-electron chi connectivity index (χ0n) is 10.1. The van der Waals surface area contributed by atoms with Gasteiger partial charge in [0.05, 0.1) is 0 Å². The lowest BCUT2D eigenvalue weighted by atomic mass is 9.98. The van der Waals surface area contributed by atoms with Gasteiger partial charge in [-0.2, -0.15) is 0 Å². The van der Waals surface area contributed by atoms with Crippen LogP contribution in [0.3, 0.4) is 0 Å². The summed E-state index contributed by atoms with van der Waals surface area (Å²) in [6.07, 6.45) is 0. The first-order valence-electron chi connectivity index (χ1n) is 5.29. The van der Waals surface area contributed by atoms with Crippen molar-refractivity contribution in [1.82, 2.24) is 0 Å². The Morgan fingerprint density at radius 2 is 1.57 bits per heavy atom. The summed E-state index contributed by atoms with van der Waals surface area (Å²) < 4.78 is 13.4. The van der Waals surface area contributed by atoms with Gasteiger partial charge in [-0.15, -0.1) is 0 Å². The molecule has 0 saturated carbocycles. The molecule has 1 aromatic rings. The first-order valence-corrected chi connectivity index (χ1v) is 5.29. The van der Waals surface area contributed by atoms with Crippen LogP contribution in [0.2, 0.25) is 0 Å². The van der Waals surface area contributed by atoms with Gasteiger partial charge in [0.15, 0.2) is 0 Å². The topological polar surface area (TPSA) is 0 Å². The highest BCUT2D eigenvalue weighted by Crippen LogP contribution is 2.22. The summed E-state index contributed by atoms with van der Waals surface area (Å²) in [5, 5.41) is 0. The average molecular weight is 196 g/mol. The standard InChI is InChI=1S/C11H15F.C2H6/c1-7(2)10-6-8(3)5-9(4)11(10)12;1-2/h5-7H,1-4H3;1-2H3. The summed E-state index contributed by atoms with van der Waals surface area (Å²) in [5.41, 5.74) is 2.71. The third-order valence-electron chi connectivity index (χ3n) is 2.05. The Hall–Kier alpha value is -0.850. The van der Waals surface area contributed by atoms with Gasteiger partial charge in [0.1, 0.15) is 5.82 Å². The summed E-state index contributed by atoms with van der Waals surface area (Å²) in [6, 6.07) is 3.80. The first-order chi connectivity index (χ1) is 6.52. The van der Waals surface area contributed by atoms with E-state index in [-0.39, 0.29) is 11.7 Å². The Morgan fingerprint density at radius 3 is 2.00 bits per heavy atom. The molecule has 14 heavy (non-hydrogen) atoms. The van der Waals surface area contributed by atoms with E-state index in [9.17, 15) is 4.39 Å². The number of aryl methyl sites for hydroxylation is 2. The molecule has 80 valence electrons. The molecule has 0 radical (unpaired) electrons. The Bertz CT molecular complexity index is 288. The molecule has 0 N–H and O–H groups in total. The van der Waals surface area contributed by atoms with E-state index in [1.165, 1.54) is 0 Å². The van der Waals surface area contributed by atoms with Crippen LogP contribution in [0.4, 0.5) is 4.39 Å². The van der Waals surface area contributed by atoms with Gasteiger partial charge in [-0.1, -0.05) is 45.4 Å². The highest BCUT2D eigenvalue weighted by molar-refractivity contribution is 5.32. The van der Waals surface area contributed by atoms with E-state index in [0.717, 1.165) is 16.7 Å². The summed E-state index contributed by atoms with van der Waals surface area (Å²) >= 11 is 0. The molecule has 0 nitrogen and oxygen atoms in total. The fourth-order valence-corrected chi connectivity index (χ4v) is 1.40. The zero-order chi connectivity index (χ0) is 11.3. The van der Waals surface area contributed by atoms with E-state index in [2.05, 4.69) is 0 Å². The molecular weight excluding hydrogens is 175 g/mol. The Labute approximate surface area is 87.2 Å². The van der Waals surface area contributed by atoms with Crippen LogP contribution in [0.25, 0.3) is 0 Å². The van der Waals surface area contributed by atoms with E-state index in [0.29, 0.717) is 0 Å². The second-order valence-electron chi connectivity index (χ2n) is 3.64. The van der Waals surface area contributed by atoms with E-state index < -0.39 is 0 Å². The van der Waals surface area contributed by atoms with Crippen LogP contribution >= 0.6 is 0 Å². The van der Waals surface area contributed by atoms with E-state index in [1.54, 1.807) is 0 Å². The van der Waals surface area contributed by atoms with Gasteiger partial charge in [-0.3, -0.25) is 0 Å². The van der Waals surface area contributed by atoms with Gasteiger partial charge < -0.3 is 0 Å². The fourth-order valence-electron chi connectivity index (χ4n) is 1.40. The smallest absolute Gasteiger partial charge is 0.129 e. The van der Waals surface area contributed by atoms with Gasteiger partial charge in [-0.25, -0.2) is 4.39 Å². The highest BCUT2D eigenvalue weighted by Gasteiger charge is 2.08. The maximum Gasteiger partial charge on any atom is 0.129 e. The van der Waals surface area contributed by atoms with Crippen molar-refractivity contribution in [2.75, 3.05) is 0 Å². The number of hydrogen-bond donors (Lipinski definition) is 0. The molecule has 1 rings (SSSR count). The third-order valence-corrected chi connectivity index (χ3v) is 2.05. The summed E-state index contributed by atoms with van der Waals surface area (Å²) in [7, 11) is 0. The molecule has 0 unspecified atom stereocenters. The van der Waals surface area contributed by atoms with E-state index in [4.69, 9.17) is 0 Å². The minimum absolute atomic E-state index is 0.0457. The quantitative estimate of drug-likeness (QED) is 0.616. The van der Waals surface area contributed by atoms with Crippen molar-refractivity contribution in [3.8, 4) is 0 Å². The van der Waals surface area contributed by atoms with E-state index in [1.807, 2.05) is 53.7 Å². The van der Waals surface area contributed by atoms with Crippen molar-refractivity contribution in [2.24, 2.45) is 0 Å². The van der Waals surface area contributed by atoms with Crippen LogP contribution in [0.1, 0.15) is 50.3 Å². The van der Waals surface area contributed by atoms with Crippen molar-refractivity contribution in [2.45, 2.75) is 47.5 Å². The van der Waals surface area contributed by atoms with Crippen LogP contribution in [0, 0.1) is 19.7 Å². The van der Waals surface area contributed by atoms with Crippen LogP contribution in [0.5, 0.6) is 0 Å². The van der Waals surface area contributed by atoms with Crippen molar-refractivity contribution >= 4 is 0 Å². The van der Waals surface area contributed by atoms with Crippen LogP contribution < -0.4 is 0 Å². The molecule has 0 aromatic heterocycles. The van der Waals surface area contributed by atoms with E-state index >= 15 is 0 Å². The normalized spacial score (nSPS) is 9.71. The van der Waals surface area contributed by atoms with Crippen LogP contribution in [0.15, 0.2) is 12.1 Å². The summed E-state index contributed by atoms with van der Waals surface area (Å²) in [5.74, 6) is 0.221. The Morgan fingerprint density at radius 1 is 1.07 bits per heavy atom. The molecule has 1 aromatic carbocycles. The predicted octanol–water partition coefficient (Wildman–Crippen LogP) is 4.59. The molecule has 1 heteroatoms. The molecular formula is C13H21F. The highest BCUT2D eigenvalue weighted by atomic mass is 19.1. The second-order valence-corrected chi connectivity index (χ2v) is 3.64. The molecule has 0 aliphatic carbocycles. The first kappa shape index (κ1) is 13.2. The Balaban J connectivity index is 0.000000791. The van der Waals surface area contributed by atoms with Gasteiger partial charge >= 0.3 is 0 Å². The lowest BCUT2D eigenvalue weighted by Crippen LogP contribution is -1.96. The Kier molecular flexibility index (Phi) is 5.44. The van der Waals surface area contributed by atoms with Gasteiger partial charge in [0.25, 0.3) is 0 Å². The maximum absolute atomic E-state index is 13.4. The van der Waals surface area contributed by atoms with Crippen LogP contribution in [-0.4, -0.2) is 0 Å². The minimum Gasteiger partial charge on any atom is -0.206 e.